The average Bonchev–Trinajstić information content (AvgIpc) is 3.20. The molecule has 0 spiro atoms. The largest absolute Gasteiger partial charge is 0.477 e. The second-order valence-corrected chi connectivity index (χ2v) is 6.79. The Labute approximate surface area is 158 Å². The van der Waals surface area contributed by atoms with E-state index in [4.69, 9.17) is 4.74 Å². The van der Waals surface area contributed by atoms with Gasteiger partial charge >= 0.3 is 0 Å². The highest BCUT2D eigenvalue weighted by atomic mass is 16.5. The zero-order valence-corrected chi connectivity index (χ0v) is 15.4. The van der Waals surface area contributed by atoms with Crippen molar-refractivity contribution in [3.63, 3.8) is 0 Å². The maximum Gasteiger partial charge on any atom is 0.269 e. The van der Waals surface area contributed by atoms with E-state index in [0.29, 0.717) is 29.7 Å². The van der Waals surface area contributed by atoms with Gasteiger partial charge in [0.05, 0.1) is 6.61 Å². The van der Waals surface area contributed by atoms with Crippen molar-refractivity contribution in [3.05, 3.63) is 59.0 Å². The van der Waals surface area contributed by atoms with Gasteiger partial charge in [0.1, 0.15) is 11.2 Å². The van der Waals surface area contributed by atoms with Crippen molar-refractivity contribution in [2.75, 3.05) is 25.0 Å². The van der Waals surface area contributed by atoms with Crippen LogP contribution in [0.3, 0.4) is 0 Å². The van der Waals surface area contributed by atoms with Gasteiger partial charge in [0.2, 0.25) is 5.88 Å². The molecule has 1 saturated heterocycles. The Morgan fingerprint density at radius 2 is 2.11 bits per heavy atom. The molecule has 4 rings (SSSR count). The lowest BCUT2D eigenvalue weighted by Gasteiger charge is -2.14. The minimum Gasteiger partial charge on any atom is -0.477 e. The Bertz CT molecular complexity index is 976. The maximum absolute atomic E-state index is 13.1. The molecule has 2 N–H and O–H groups in total. The Balaban J connectivity index is 1.72. The second-order valence-electron chi connectivity index (χ2n) is 6.79. The van der Waals surface area contributed by atoms with Crippen molar-refractivity contribution < 1.29 is 4.74 Å². The SMILES string of the molecule is CCCOc1nc2ccccn2c(=O)c1-c1ccc(NC2CCNC2)cc1. The number of rotatable bonds is 6. The van der Waals surface area contributed by atoms with Crippen LogP contribution in [0.2, 0.25) is 0 Å². The third kappa shape index (κ3) is 3.66. The van der Waals surface area contributed by atoms with Crippen LogP contribution in [0, 0.1) is 0 Å². The van der Waals surface area contributed by atoms with Gasteiger partial charge < -0.3 is 15.4 Å². The molecule has 1 fully saturated rings. The summed E-state index contributed by atoms with van der Waals surface area (Å²) in [6.45, 7) is 4.59. The molecular formula is C21H24N4O2. The molecule has 6 nitrogen and oxygen atoms in total. The first kappa shape index (κ1) is 17.5. The van der Waals surface area contributed by atoms with E-state index < -0.39 is 0 Å². The van der Waals surface area contributed by atoms with Crippen LogP contribution in [-0.2, 0) is 0 Å². The molecule has 1 unspecified atom stereocenters. The van der Waals surface area contributed by atoms with Gasteiger partial charge in [-0.3, -0.25) is 9.20 Å². The van der Waals surface area contributed by atoms with Crippen molar-refractivity contribution in [1.29, 1.82) is 0 Å². The number of ether oxygens (including phenoxy) is 1. The fourth-order valence-electron chi connectivity index (χ4n) is 3.37. The summed E-state index contributed by atoms with van der Waals surface area (Å²) in [6, 6.07) is 13.9. The highest BCUT2D eigenvalue weighted by Crippen LogP contribution is 2.27. The summed E-state index contributed by atoms with van der Waals surface area (Å²) in [5, 5.41) is 6.87. The summed E-state index contributed by atoms with van der Waals surface area (Å²) in [5.41, 5.74) is 2.84. The number of aromatic nitrogens is 2. The number of anilines is 1. The van der Waals surface area contributed by atoms with E-state index in [2.05, 4.69) is 15.6 Å². The molecule has 6 heteroatoms. The molecule has 0 saturated carbocycles. The van der Waals surface area contributed by atoms with Crippen molar-refractivity contribution >= 4 is 11.3 Å². The third-order valence-electron chi connectivity index (χ3n) is 4.75. The van der Waals surface area contributed by atoms with Crippen molar-refractivity contribution in [3.8, 4) is 17.0 Å². The first-order valence-electron chi connectivity index (χ1n) is 9.48. The summed E-state index contributed by atoms with van der Waals surface area (Å²) in [4.78, 5) is 17.7. The summed E-state index contributed by atoms with van der Waals surface area (Å²) < 4.78 is 7.38. The van der Waals surface area contributed by atoms with Gasteiger partial charge in [-0.1, -0.05) is 25.1 Å². The molecule has 1 atom stereocenters. The van der Waals surface area contributed by atoms with E-state index in [1.165, 1.54) is 0 Å². The van der Waals surface area contributed by atoms with Gasteiger partial charge in [0.25, 0.3) is 5.56 Å². The monoisotopic (exact) mass is 364 g/mol. The summed E-state index contributed by atoms with van der Waals surface area (Å²) in [6.07, 6.45) is 3.71. The zero-order chi connectivity index (χ0) is 18.6. The van der Waals surface area contributed by atoms with Gasteiger partial charge in [-0.25, -0.2) is 0 Å². The van der Waals surface area contributed by atoms with Crippen LogP contribution in [0.15, 0.2) is 53.5 Å². The van der Waals surface area contributed by atoms with E-state index in [0.717, 1.165) is 37.2 Å². The van der Waals surface area contributed by atoms with Crippen LogP contribution in [0.4, 0.5) is 5.69 Å². The molecule has 0 amide bonds. The predicted molar refractivity (Wildman–Crippen MR) is 108 cm³/mol. The fraction of sp³-hybridized carbons (Fsp3) is 0.333. The highest BCUT2D eigenvalue weighted by Gasteiger charge is 2.17. The van der Waals surface area contributed by atoms with E-state index in [1.54, 1.807) is 10.6 Å². The van der Waals surface area contributed by atoms with Gasteiger partial charge in [0.15, 0.2) is 0 Å². The van der Waals surface area contributed by atoms with Crippen molar-refractivity contribution in [1.82, 2.24) is 14.7 Å². The predicted octanol–water partition coefficient (Wildman–Crippen LogP) is 2.92. The number of hydrogen-bond donors (Lipinski definition) is 2. The normalized spacial score (nSPS) is 16.6. The molecule has 0 aliphatic carbocycles. The van der Waals surface area contributed by atoms with Crippen molar-refractivity contribution in [2.24, 2.45) is 0 Å². The summed E-state index contributed by atoms with van der Waals surface area (Å²) >= 11 is 0. The maximum atomic E-state index is 13.1. The van der Waals surface area contributed by atoms with Gasteiger partial charge in [-0.2, -0.15) is 4.98 Å². The van der Waals surface area contributed by atoms with Crippen LogP contribution >= 0.6 is 0 Å². The molecule has 3 heterocycles. The molecule has 0 radical (unpaired) electrons. The minimum atomic E-state index is -0.118. The molecular weight excluding hydrogens is 340 g/mol. The lowest BCUT2D eigenvalue weighted by Crippen LogP contribution is -2.22. The van der Waals surface area contributed by atoms with Gasteiger partial charge in [-0.05, 0) is 49.2 Å². The molecule has 1 aliphatic heterocycles. The number of benzene rings is 1. The van der Waals surface area contributed by atoms with Crippen LogP contribution in [0.5, 0.6) is 5.88 Å². The Hall–Kier alpha value is -2.86. The number of pyridine rings is 1. The third-order valence-corrected chi connectivity index (χ3v) is 4.75. The standard InChI is InChI=1S/C21H24N4O2/c1-2-13-27-20-19(21(26)25-12-4-3-5-18(25)24-20)15-6-8-16(9-7-15)23-17-10-11-22-14-17/h3-9,12,17,22-23H,2,10-11,13-14H2,1H3. The summed E-state index contributed by atoms with van der Waals surface area (Å²) in [5.74, 6) is 0.397. The first-order chi connectivity index (χ1) is 13.3. The van der Waals surface area contributed by atoms with E-state index in [-0.39, 0.29) is 5.56 Å². The quantitative estimate of drug-likeness (QED) is 0.704. The molecule has 1 aromatic carbocycles. The zero-order valence-electron chi connectivity index (χ0n) is 15.4. The topological polar surface area (TPSA) is 67.7 Å². The van der Waals surface area contributed by atoms with Crippen LogP contribution < -0.4 is 20.9 Å². The lowest BCUT2D eigenvalue weighted by molar-refractivity contribution is 0.306. The molecule has 140 valence electrons. The van der Waals surface area contributed by atoms with E-state index in [1.807, 2.05) is 49.4 Å². The highest BCUT2D eigenvalue weighted by molar-refractivity contribution is 5.71. The number of nitrogens with one attached hydrogen (secondary N) is 2. The minimum absolute atomic E-state index is 0.118. The van der Waals surface area contributed by atoms with E-state index >= 15 is 0 Å². The van der Waals surface area contributed by atoms with Crippen molar-refractivity contribution in [2.45, 2.75) is 25.8 Å². The number of nitrogens with zero attached hydrogens (tertiary/aromatic N) is 2. The summed E-state index contributed by atoms with van der Waals surface area (Å²) in [7, 11) is 0. The lowest BCUT2D eigenvalue weighted by atomic mass is 10.1. The van der Waals surface area contributed by atoms with Gasteiger partial charge in [0, 0.05) is 24.5 Å². The Kier molecular flexibility index (Phi) is 5.07. The number of fused-ring (bicyclic) bond motifs is 1. The Morgan fingerprint density at radius 3 is 2.85 bits per heavy atom. The number of hydrogen-bond acceptors (Lipinski definition) is 5. The van der Waals surface area contributed by atoms with E-state index in [9.17, 15) is 4.79 Å². The molecule has 3 aromatic rings. The fourth-order valence-corrected chi connectivity index (χ4v) is 3.37. The molecule has 1 aliphatic rings. The average molecular weight is 364 g/mol. The molecule has 27 heavy (non-hydrogen) atoms. The Morgan fingerprint density at radius 1 is 1.26 bits per heavy atom. The van der Waals surface area contributed by atoms with Crippen LogP contribution in [-0.4, -0.2) is 35.1 Å². The first-order valence-corrected chi connectivity index (χ1v) is 9.48. The van der Waals surface area contributed by atoms with Gasteiger partial charge in [-0.15, -0.1) is 0 Å². The smallest absolute Gasteiger partial charge is 0.269 e. The van der Waals surface area contributed by atoms with Crippen LogP contribution in [0.25, 0.3) is 16.8 Å². The molecule has 2 aromatic heterocycles. The second kappa shape index (κ2) is 7.80. The molecule has 0 bridgehead atoms. The van der Waals surface area contributed by atoms with Crippen LogP contribution in [0.1, 0.15) is 19.8 Å².